The summed E-state index contributed by atoms with van der Waals surface area (Å²) in [5, 5.41) is 4.28. The van der Waals surface area contributed by atoms with E-state index in [9.17, 15) is 9.59 Å². The van der Waals surface area contributed by atoms with Crippen LogP contribution in [0.4, 0.5) is 5.69 Å². The molecule has 0 saturated heterocycles. The van der Waals surface area contributed by atoms with E-state index < -0.39 is 5.91 Å². The summed E-state index contributed by atoms with van der Waals surface area (Å²) in [6.07, 6.45) is 0. The van der Waals surface area contributed by atoms with Gasteiger partial charge in [-0.1, -0.05) is 65.7 Å². The number of rotatable bonds is 5. The van der Waals surface area contributed by atoms with Gasteiger partial charge in [0.2, 0.25) is 0 Å². The van der Waals surface area contributed by atoms with Gasteiger partial charge in [-0.2, -0.15) is 0 Å². The lowest BCUT2D eigenvalue weighted by molar-refractivity contribution is -0.137. The van der Waals surface area contributed by atoms with Crippen LogP contribution in [0.1, 0.15) is 27.8 Å². The van der Waals surface area contributed by atoms with Crippen molar-refractivity contribution in [1.82, 2.24) is 4.90 Å². The minimum Gasteiger partial charge on any atom is -0.350 e. The highest BCUT2D eigenvalue weighted by atomic mass is 35.5. The van der Waals surface area contributed by atoms with Gasteiger partial charge in [0.15, 0.2) is 0 Å². The second-order valence-electron chi connectivity index (χ2n) is 7.87. The van der Waals surface area contributed by atoms with E-state index in [1.54, 1.807) is 18.2 Å². The Hall–Kier alpha value is -3.08. The van der Waals surface area contributed by atoms with Crippen molar-refractivity contribution < 1.29 is 9.59 Å². The highest BCUT2D eigenvalue weighted by Gasteiger charge is 2.39. The maximum atomic E-state index is 13.5. The van der Waals surface area contributed by atoms with Crippen molar-refractivity contribution in [3.05, 3.63) is 104 Å². The third kappa shape index (κ3) is 4.04. The molecule has 0 aromatic heterocycles. The predicted molar refractivity (Wildman–Crippen MR) is 130 cm³/mol. The zero-order valence-electron chi connectivity index (χ0n) is 18.0. The molecule has 162 valence electrons. The molecule has 3 aromatic rings. The minimum absolute atomic E-state index is 0.0887. The summed E-state index contributed by atoms with van der Waals surface area (Å²) >= 11 is 12.6. The summed E-state index contributed by atoms with van der Waals surface area (Å²) in [5.41, 5.74) is 5.59. The number of nitrogens with zero attached hydrogens (tertiary/aromatic N) is 1. The molecule has 0 atom stereocenters. The van der Waals surface area contributed by atoms with Crippen molar-refractivity contribution >= 4 is 46.3 Å². The Morgan fingerprint density at radius 2 is 1.53 bits per heavy atom. The number of carbonyl (C=O) groups is 2. The highest BCUT2D eigenvalue weighted by Crippen LogP contribution is 2.34. The zero-order valence-corrected chi connectivity index (χ0v) is 19.5. The predicted octanol–water partition coefficient (Wildman–Crippen LogP) is 6.31. The Bertz CT molecular complexity index is 1280. The standard InChI is InChI=1S/C26H22Cl2N2O2/c1-15-11-12-18(13-16(15)2)23-24(29-22-10-6-9-20(27)17(22)3)26(32)30(25(23)31)14-19-7-4-5-8-21(19)28/h4-13,29H,14H2,1-3H3. The van der Waals surface area contributed by atoms with E-state index in [0.29, 0.717) is 32.4 Å². The third-order valence-electron chi connectivity index (χ3n) is 5.78. The van der Waals surface area contributed by atoms with E-state index in [0.717, 1.165) is 16.7 Å². The summed E-state index contributed by atoms with van der Waals surface area (Å²) in [5.74, 6) is -0.761. The molecule has 32 heavy (non-hydrogen) atoms. The number of anilines is 1. The van der Waals surface area contributed by atoms with E-state index in [1.807, 2.05) is 63.2 Å². The van der Waals surface area contributed by atoms with Gasteiger partial charge in [0.1, 0.15) is 5.70 Å². The lowest BCUT2D eigenvalue weighted by Gasteiger charge is -2.16. The molecule has 4 nitrogen and oxygen atoms in total. The molecule has 2 amide bonds. The summed E-state index contributed by atoms with van der Waals surface area (Å²) in [7, 11) is 0. The molecule has 0 unspecified atom stereocenters. The van der Waals surface area contributed by atoms with Gasteiger partial charge < -0.3 is 5.32 Å². The first-order chi connectivity index (χ1) is 15.3. The first-order valence-corrected chi connectivity index (χ1v) is 11.0. The van der Waals surface area contributed by atoms with Gasteiger partial charge in [0, 0.05) is 15.7 Å². The second-order valence-corrected chi connectivity index (χ2v) is 8.69. The highest BCUT2D eigenvalue weighted by molar-refractivity contribution is 6.37. The Kier molecular flexibility index (Phi) is 6.09. The topological polar surface area (TPSA) is 49.4 Å². The number of nitrogens with one attached hydrogen (secondary N) is 1. The number of hydrogen-bond donors (Lipinski definition) is 1. The Balaban J connectivity index is 1.81. The molecule has 0 spiro atoms. The van der Waals surface area contributed by atoms with Crippen LogP contribution in [-0.2, 0) is 16.1 Å². The van der Waals surface area contributed by atoms with Crippen molar-refractivity contribution in [3.8, 4) is 0 Å². The lowest BCUT2D eigenvalue weighted by atomic mass is 9.99. The fourth-order valence-electron chi connectivity index (χ4n) is 3.67. The molecule has 6 heteroatoms. The molecular formula is C26H22Cl2N2O2. The Morgan fingerprint density at radius 1 is 0.812 bits per heavy atom. The summed E-state index contributed by atoms with van der Waals surface area (Å²) in [6, 6.07) is 18.4. The van der Waals surface area contributed by atoms with Gasteiger partial charge in [-0.05, 0) is 66.8 Å². The van der Waals surface area contributed by atoms with Crippen molar-refractivity contribution in [2.45, 2.75) is 27.3 Å². The molecular weight excluding hydrogens is 443 g/mol. The summed E-state index contributed by atoms with van der Waals surface area (Å²) in [6.45, 7) is 5.94. The molecule has 0 radical (unpaired) electrons. The monoisotopic (exact) mass is 464 g/mol. The number of halogens is 2. The van der Waals surface area contributed by atoms with Crippen LogP contribution in [0, 0.1) is 20.8 Å². The Morgan fingerprint density at radius 3 is 2.25 bits per heavy atom. The van der Waals surface area contributed by atoms with E-state index >= 15 is 0 Å². The molecule has 0 fully saturated rings. The fraction of sp³-hybridized carbons (Fsp3) is 0.154. The van der Waals surface area contributed by atoms with Crippen molar-refractivity contribution in [2.75, 3.05) is 5.32 Å². The van der Waals surface area contributed by atoms with E-state index in [2.05, 4.69) is 5.32 Å². The number of amides is 2. The maximum Gasteiger partial charge on any atom is 0.278 e. The normalized spacial score (nSPS) is 13.8. The maximum absolute atomic E-state index is 13.5. The molecule has 4 rings (SSSR count). The van der Waals surface area contributed by atoms with Crippen LogP contribution in [0.25, 0.3) is 5.57 Å². The average Bonchev–Trinajstić information content (AvgIpc) is 2.99. The van der Waals surface area contributed by atoms with E-state index in [4.69, 9.17) is 23.2 Å². The minimum atomic E-state index is -0.400. The van der Waals surface area contributed by atoms with Gasteiger partial charge in [0.05, 0.1) is 12.1 Å². The van der Waals surface area contributed by atoms with Crippen molar-refractivity contribution in [3.63, 3.8) is 0 Å². The van der Waals surface area contributed by atoms with Gasteiger partial charge in [-0.15, -0.1) is 0 Å². The molecule has 0 saturated carbocycles. The SMILES string of the molecule is Cc1ccc(C2=C(Nc3cccc(Cl)c3C)C(=O)N(Cc3ccccc3Cl)C2=O)cc1C. The fourth-order valence-corrected chi connectivity index (χ4v) is 4.04. The number of benzene rings is 3. The van der Waals surface area contributed by atoms with Crippen molar-refractivity contribution in [1.29, 1.82) is 0 Å². The molecule has 1 aliphatic rings. The summed E-state index contributed by atoms with van der Waals surface area (Å²) < 4.78 is 0. The van der Waals surface area contributed by atoms with Gasteiger partial charge in [0.25, 0.3) is 11.8 Å². The third-order valence-corrected chi connectivity index (χ3v) is 6.56. The van der Waals surface area contributed by atoms with Crippen LogP contribution in [0.2, 0.25) is 10.0 Å². The molecule has 1 aliphatic heterocycles. The van der Waals surface area contributed by atoms with E-state index in [-0.39, 0.29) is 18.1 Å². The largest absolute Gasteiger partial charge is 0.350 e. The lowest BCUT2D eigenvalue weighted by Crippen LogP contribution is -2.32. The van der Waals surface area contributed by atoms with Crippen molar-refractivity contribution in [2.24, 2.45) is 0 Å². The average molecular weight is 465 g/mol. The zero-order chi connectivity index (χ0) is 23.0. The van der Waals surface area contributed by atoms with Gasteiger partial charge in [-0.25, -0.2) is 0 Å². The van der Waals surface area contributed by atoms with Crippen LogP contribution >= 0.6 is 23.2 Å². The first-order valence-electron chi connectivity index (χ1n) is 10.2. The molecule has 3 aromatic carbocycles. The number of aryl methyl sites for hydroxylation is 2. The van der Waals surface area contributed by atoms with Crippen LogP contribution in [0.15, 0.2) is 66.4 Å². The van der Waals surface area contributed by atoms with Gasteiger partial charge in [-0.3, -0.25) is 14.5 Å². The van der Waals surface area contributed by atoms with Gasteiger partial charge >= 0.3 is 0 Å². The molecule has 1 heterocycles. The number of hydrogen-bond acceptors (Lipinski definition) is 3. The molecule has 0 aliphatic carbocycles. The molecule has 1 N–H and O–H groups in total. The van der Waals surface area contributed by atoms with Crippen LogP contribution in [0.5, 0.6) is 0 Å². The first kappa shape index (κ1) is 22.1. The summed E-state index contributed by atoms with van der Waals surface area (Å²) in [4.78, 5) is 28.2. The van der Waals surface area contributed by atoms with Crippen LogP contribution in [-0.4, -0.2) is 16.7 Å². The van der Waals surface area contributed by atoms with Crippen LogP contribution in [0.3, 0.4) is 0 Å². The second kappa shape index (κ2) is 8.81. The Labute approximate surface area is 197 Å². The van der Waals surface area contributed by atoms with E-state index in [1.165, 1.54) is 4.90 Å². The van der Waals surface area contributed by atoms with Crippen LogP contribution < -0.4 is 5.32 Å². The number of imide groups is 1. The quantitative estimate of drug-likeness (QED) is 0.449. The number of carbonyl (C=O) groups excluding carboxylic acids is 2. The molecule has 0 bridgehead atoms. The smallest absolute Gasteiger partial charge is 0.278 e.